The second kappa shape index (κ2) is 6.56. The third-order valence-electron chi connectivity index (χ3n) is 5.84. The summed E-state index contributed by atoms with van der Waals surface area (Å²) in [6.45, 7) is 0.563. The van der Waals surface area contributed by atoms with Crippen molar-refractivity contribution in [1.82, 2.24) is 15.1 Å². The summed E-state index contributed by atoms with van der Waals surface area (Å²) in [6.07, 6.45) is 7.76. The molecule has 1 N–H and O–H groups in total. The Morgan fingerprint density at radius 1 is 1.12 bits per heavy atom. The fraction of sp³-hybridized carbons (Fsp3) is 0.450. The molecule has 130 valence electrons. The van der Waals surface area contributed by atoms with Crippen molar-refractivity contribution in [2.45, 2.75) is 43.7 Å². The zero-order valence-corrected chi connectivity index (χ0v) is 14.2. The minimum Gasteiger partial charge on any atom is -0.385 e. The maximum atomic E-state index is 13.0. The van der Waals surface area contributed by atoms with Crippen molar-refractivity contribution in [1.29, 1.82) is 0 Å². The van der Waals surface area contributed by atoms with E-state index in [1.165, 1.54) is 6.20 Å². The van der Waals surface area contributed by atoms with Crippen molar-refractivity contribution >= 4 is 5.91 Å². The largest absolute Gasteiger partial charge is 0.385 e. The Hall–Kier alpha value is -2.27. The number of hydrogen-bond acceptors (Lipinski definition) is 4. The van der Waals surface area contributed by atoms with Crippen LogP contribution in [-0.4, -0.2) is 38.7 Å². The molecule has 3 atom stereocenters. The first-order valence-corrected chi connectivity index (χ1v) is 9.06. The van der Waals surface area contributed by atoms with E-state index in [2.05, 4.69) is 10.2 Å². The van der Waals surface area contributed by atoms with E-state index in [1.807, 2.05) is 35.2 Å². The summed E-state index contributed by atoms with van der Waals surface area (Å²) in [4.78, 5) is 14.9. The molecule has 2 fully saturated rings. The van der Waals surface area contributed by atoms with Crippen molar-refractivity contribution in [3.8, 4) is 0 Å². The van der Waals surface area contributed by atoms with E-state index in [9.17, 15) is 9.90 Å². The number of amides is 1. The van der Waals surface area contributed by atoms with Crippen LogP contribution in [0.15, 0.2) is 48.8 Å². The van der Waals surface area contributed by atoms with Gasteiger partial charge in [0.05, 0.1) is 23.6 Å². The van der Waals surface area contributed by atoms with Crippen LogP contribution >= 0.6 is 0 Å². The monoisotopic (exact) mass is 337 g/mol. The van der Waals surface area contributed by atoms with Crippen LogP contribution in [0.4, 0.5) is 0 Å². The van der Waals surface area contributed by atoms with Crippen LogP contribution in [-0.2, 0) is 5.60 Å². The molecule has 5 heteroatoms. The highest BCUT2D eigenvalue weighted by molar-refractivity contribution is 5.94. The number of aromatic nitrogens is 2. The van der Waals surface area contributed by atoms with Gasteiger partial charge in [-0.25, -0.2) is 0 Å². The quantitative estimate of drug-likeness (QED) is 0.915. The maximum Gasteiger partial charge on any atom is 0.255 e. The average Bonchev–Trinajstić information content (AvgIpc) is 2.69. The molecule has 4 rings (SSSR count). The van der Waals surface area contributed by atoms with Gasteiger partial charge in [0.1, 0.15) is 0 Å². The third kappa shape index (κ3) is 2.82. The van der Waals surface area contributed by atoms with Gasteiger partial charge in [-0.1, -0.05) is 43.2 Å². The molecule has 1 aromatic carbocycles. The van der Waals surface area contributed by atoms with Gasteiger partial charge < -0.3 is 10.0 Å². The fourth-order valence-electron chi connectivity index (χ4n) is 4.60. The Morgan fingerprint density at radius 2 is 1.92 bits per heavy atom. The molecular weight excluding hydrogens is 314 g/mol. The molecule has 2 heterocycles. The molecule has 0 unspecified atom stereocenters. The molecule has 1 aromatic heterocycles. The van der Waals surface area contributed by atoms with Crippen LogP contribution in [0.3, 0.4) is 0 Å². The van der Waals surface area contributed by atoms with E-state index in [0.717, 1.165) is 31.2 Å². The SMILES string of the molecule is O=C(c1ccnnc1)N1CC[C@](O)(c2ccccc2)[C@@H]2CCCC[C@H]21. The number of aliphatic hydroxyl groups is 1. The number of fused-ring (bicyclic) bond motifs is 1. The lowest BCUT2D eigenvalue weighted by atomic mass is 9.66. The van der Waals surface area contributed by atoms with E-state index in [4.69, 9.17) is 0 Å². The van der Waals surface area contributed by atoms with E-state index in [1.54, 1.807) is 12.3 Å². The lowest BCUT2D eigenvalue weighted by molar-refractivity contribution is -0.110. The molecule has 2 aromatic rings. The first kappa shape index (κ1) is 16.2. The smallest absolute Gasteiger partial charge is 0.255 e. The van der Waals surface area contributed by atoms with E-state index in [0.29, 0.717) is 18.5 Å². The van der Waals surface area contributed by atoms with Gasteiger partial charge in [0.25, 0.3) is 5.91 Å². The Bertz CT molecular complexity index is 737. The highest BCUT2D eigenvalue weighted by Crippen LogP contribution is 2.47. The van der Waals surface area contributed by atoms with Crippen LogP contribution in [0.2, 0.25) is 0 Å². The molecule has 1 amide bonds. The van der Waals surface area contributed by atoms with Crippen molar-refractivity contribution in [2.75, 3.05) is 6.54 Å². The molecule has 25 heavy (non-hydrogen) atoms. The Balaban J connectivity index is 1.66. The van der Waals surface area contributed by atoms with Crippen LogP contribution in [0, 0.1) is 5.92 Å². The van der Waals surface area contributed by atoms with Crippen LogP contribution in [0.25, 0.3) is 0 Å². The molecule has 1 aliphatic carbocycles. The number of likely N-dealkylation sites (tertiary alicyclic amines) is 1. The lowest BCUT2D eigenvalue weighted by Gasteiger charge is -2.52. The summed E-state index contributed by atoms with van der Waals surface area (Å²) >= 11 is 0. The second-order valence-corrected chi connectivity index (χ2v) is 7.13. The van der Waals surface area contributed by atoms with E-state index < -0.39 is 5.60 Å². The third-order valence-corrected chi connectivity index (χ3v) is 5.84. The van der Waals surface area contributed by atoms with Gasteiger partial charge in [-0.05, 0) is 30.9 Å². The number of hydrogen-bond donors (Lipinski definition) is 1. The molecule has 1 aliphatic heterocycles. The van der Waals surface area contributed by atoms with Crippen molar-refractivity contribution in [3.63, 3.8) is 0 Å². The van der Waals surface area contributed by atoms with Gasteiger partial charge in [-0.3, -0.25) is 4.79 Å². The summed E-state index contributed by atoms with van der Waals surface area (Å²) in [5.41, 5.74) is 0.702. The Labute approximate surface area is 147 Å². The zero-order valence-electron chi connectivity index (χ0n) is 14.2. The molecule has 2 aliphatic rings. The predicted octanol–water partition coefficient (Wildman–Crippen LogP) is 2.77. The number of carbonyl (C=O) groups is 1. The lowest BCUT2D eigenvalue weighted by Crippen LogP contribution is -2.59. The molecule has 0 bridgehead atoms. The first-order valence-electron chi connectivity index (χ1n) is 9.06. The summed E-state index contributed by atoms with van der Waals surface area (Å²) in [7, 11) is 0. The Morgan fingerprint density at radius 3 is 2.68 bits per heavy atom. The summed E-state index contributed by atoms with van der Waals surface area (Å²) in [6, 6.07) is 11.7. The molecule has 5 nitrogen and oxygen atoms in total. The summed E-state index contributed by atoms with van der Waals surface area (Å²) < 4.78 is 0. The van der Waals surface area contributed by atoms with Gasteiger partial charge in [0.15, 0.2) is 0 Å². The van der Waals surface area contributed by atoms with Crippen LogP contribution in [0.5, 0.6) is 0 Å². The van der Waals surface area contributed by atoms with Gasteiger partial charge in [0, 0.05) is 18.5 Å². The normalized spacial score (nSPS) is 29.1. The summed E-state index contributed by atoms with van der Waals surface area (Å²) in [5.74, 6) is 0.0815. The number of carbonyl (C=O) groups excluding carboxylic acids is 1. The van der Waals surface area contributed by atoms with Crippen molar-refractivity contribution in [3.05, 3.63) is 59.9 Å². The number of benzene rings is 1. The van der Waals surface area contributed by atoms with Crippen LogP contribution in [0.1, 0.15) is 48.0 Å². The number of piperidine rings is 1. The molecule has 0 spiro atoms. The number of nitrogens with zero attached hydrogens (tertiary/aromatic N) is 3. The minimum atomic E-state index is -0.848. The topological polar surface area (TPSA) is 66.3 Å². The van der Waals surface area contributed by atoms with E-state index in [-0.39, 0.29) is 17.9 Å². The highest BCUT2D eigenvalue weighted by atomic mass is 16.3. The van der Waals surface area contributed by atoms with Crippen molar-refractivity contribution < 1.29 is 9.90 Å². The Kier molecular flexibility index (Phi) is 4.25. The fourth-order valence-corrected chi connectivity index (χ4v) is 4.60. The molecular formula is C20H23N3O2. The van der Waals surface area contributed by atoms with Crippen molar-refractivity contribution in [2.24, 2.45) is 5.92 Å². The molecule has 1 saturated carbocycles. The van der Waals surface area contributed by atoms with Crippen LogP contribution < -0.4 is 0 Å². The highest BCUT2D eigenvalue weighted by Gasteiger charge is 2.50. The van der Waals surface area contributed by atoms with E-state index >= 15 is 0 Å². The van der Waals surface area contributed by atoms with Gasteiger partial charge >= 0.3 is 0 Å². The minimum absolute atomic E-state index is 0.00177. The van der Waals surface area contributed by atoms with Gasteiger partial charge in [0.2, 0.25) is 0 Å². The summed E-state index contributed by atoms with van der Waals surface area (Å²) in [5, 5.41) is 19.1. The first-order chi connectivity index (χ1) is 12.2. The number of rotatable bonds is 2. The standard InChI is InChI=1S/C20H23N3O2/c24-19(15-10-12-21-22-14-15)23-13-11-20(25,16-6-2-1-3-7-16)17-8-4-5-9-18(17)23/h1-3,6-7,10,12,14,17-18,25H,4-5,8-9,11,13H2/t17-,18-,20+/m1/s1. The molecule has 1 saturated heterocycles. The van der Waals surface area contributed by atoms with Gasteiger partial charge in [-0.2, -0.15) is 10.2 Å². The average molecular weight is 337 g/mol. The second-order valence-electron chi connectivity index (χ2n) is 7.13. The predicted molar refractivity (Wildman–Crippen MR) is 93.8 cm³/mol. The molecule has 0 radical (unpaired) electrons. The zero-order chi connectivity index (χ0) is 17.3. The maximum absolute atomic E-state index is 13.0. The van der Waals surface area contributed by atoms with Gasteiger partial charge in [-0.15, -0.1) is 0 Å².